The zero-order valence-corrected chi connectivity index (χ0v) is 28.8. The lowest BCUT2D eigenvalue weighted by molar-refractivity contribution is -0.140. The van der Waals surface area contributed by atoms with Crippen LogP contribution in [0.5, 0.6) is 0 Å². The molecule has 0 aromatic heterocycles. The van der Waals surface area contributed by atoms with Crippen molar-refractivity contribution in [3.63, 3.8) is 0 Å². The first kappa shape index (κ1) is 34.5. The molecule has 45 heavy (non-hydrogen) atoms. The second-order valence-corrected chi connectivity index (χ2v) is 14.2. The number of halogens is 3. The summed E-state index contributed by atoms with van der Waals surface area (Å²) in [5.41, 5.74) is 1.71. The van der Waals surface area contributed by atoms with Crippen molar-refractivity contribution in [3.8, 4) is 0 Å². The van der Waals surface area contributed by atoms with Crippen LogP contribution in [0.25, 0.3) is 0 Å². The largest absolute Gasteiger partial charge is 0.352 e. The number of nitrogens with one attached hydrogen (secondary N) is 1. The fraction of sp³-hybridized carbons (Fsp3) is 0.235. The summed E-state index contributed by atoms with van der Waals surface area (Å²) >= 11 is 16.1. The predicted octanol–water partition coefficient (Wildman–Crippen LogP) is 7.51. The fourth-order valence-electron chi connectivity index (χ4n) is 4.70. The molecule has 4 aromatic carbocycles. The van der Waals surface area contributed by atoms with Crippen molar-refractivity contribution in [1.82, 2.24) is 10.2 Å². The molecule has 0 saturated carbocycles. The summed E-state index contributed by atoms with van der Waals surface area (Å²) < 4.78 is 30.0. The Morgan fingerprint density at radius 2 is 1.49 bits per heavy atom. The number of rotatable bonds is 13. The third-order valence-corrected chi connectivity index (χ3v) is 10.2. The molecular weight excluding hydrogens is 697 g/mol. The van der Waals surface area contributed by atoms with Gasteiger partial charge in [0.25, 0.3) is 10.0 Å². The van der Waals surface area contributed by atoms with Crippen LogP contribution in [0.2, 0.25) is 10.0 Å². The van der Waals surface area contributed by atoms with Crippen LogP contribution >= 0.6 is 39.1 Å². The van der Waals surface area contributed by atoms with Gasteiger partial charge in [0.1, 0.15) is 12.6 Å². The van der Waals surface area contributed by atoms with Crippen molar-refractivity contribution < 1.29 is 18.0 Å². The molecule has 0 heterocycles. The van der Waals surface area contributed by atoms with E-state index in [2.05, 4.69) is 21.2 Å². The summed E-state index contributed by atoms with van der Waals surface area (Å²) in [6, 6.07) is 28.0. The minimum atomic E-state index is -4.27. The molecule has 1 N–H and O–H groups in total. The Kier molecular flexibility index (Phi) is 12.1. The lowest BCUT2D eigenvalue weighted by atomic mass is 10.0. The zero-order chi connectivity index (χ0) is 32.6. The highest BCUT2D eigenvalue weighted by molar-refractivity contribution is 9.10. The maximum Gasteiger partial charge on any atom is 0.264 e. The summed E-state index contributed by atoms with van der Waals surface area (Å²) in [6.45, 7) is 3.31. The SMILES string of the molecule is CC[C@H](C)NC(=O)[C@H](Cc1ccccc1)N(Cc1ccc(Br)cc1)C(=O)CN(c1ccc(Cl)cc1Cl)S(=O)(=O)c1ccccc1. The van der Waals surface area contributed by atoms with Crippen LogP contribution in [0.15, 0.2) is 112 Å². The molecule has 2 amide bonds. The van der Waals surface area contributed by atoms with Gasteiger partial charge in [0.2, 0.25) is 11.8 Å². The molecule has 0 bridgehead atoms. The minimum absolute atomic E-state index is 0.0152. The lowest BCUT2D eigenvalue weighted by Gasteiger charge is -2.34. The van der Waals surface area contributed by atoms with Crippen LogP contribution in [-0.2, 0) is 32.6 Å². The Balaban J connectivity index is 1.82. The third-order valence-electron chi connectivity index (χ3n) is 7.33. The molecule has 4 aromatic rings. The zero-order valence-electron chi connectivity index (χ0n) is 24.9. The van der Waals surface area contributed by atoms with Crippen LogP contribution in [0.1, 0.15) is 31.4 Å². The van der Waals surface area contributed by atoms with Crippen LogP contribution in [-0.4, -0.2) is 43.8 Å². The first-order chi connectivity index (χ1) is 21.5. The average molecular weight is 732 g/mol. The summed E-state index contributed by atoms with van der Waals surface area (Å²) in [4.78, 5) is 29.8. The molecule has 7 nitrogen and oxygen atoms in total. The van der Waals surface area contributed by atoms with Crippen molar-refractivity contribution in [2.75, 3.05) is 10.8 Å². The van der Waals surface area contributed by atoms with Crippen molar-refractivity contribution >= 4 is 66.7 Å². The summed E-state index contributed by atoms with van der Waals surface area (Å²) in [5.74, 6) is -0.913. The van der Waals surface area contributed by atoms with Gasteiger partial charge in [-0.3, -0.25) is 13.9 Å². The second kappa shape index (κ2) is 15.8. The quantitative estimate of drug-likeness (QED) is 0.154. The van der Waals surface area contributed by atoms with Gasteiger partial charge in [-0.25, -0.2) is 8.42 Å². The number of hydrogen-bond donors (Lipinski definition) is 1. The lowest BCUT2D eigenvalue weighted by Crippen LogP contribution is -2.54. The number of amides is 2. The van der Waals surface area contributed by atoms with Crippen molar-refractivity contribution in [2.45, 2.75) is 50.2 Å². The van der Waals surface area contributed by atoms with E-state index in [1.165, 1.54) is 35.2 Å². The third kappa shape index (κ3) is 9.10. The van der Waals surface area contributed by atoms with Gasteiger partial charge in [0, 0.05) is 28.5 Å². The van der Waals surface area contributed by atoms with Crippen LogP contribution in [0.3, 0.4) is 0 Å². The second-order valence-electron chi connectivity index (χ2n) is 10.6. The van der Waals surface area contributed by atoms with E-state index in [0.29, 0.717) is 11.4 Å². The number of carbonyl (C=O) groups excluding carboxylic acids is 2. The maximum absolute atomic E-state index is 14.5. The van der Waals surface area contributed by atoms with Crippen molar-refractivity contribution in [1.29, 1.82) is 0 Å². The average Bonchev–Trinajstić information content (AvgIpc) is 3.03. The Morgan fingerprint density at radius 1 is 0.867 bits per heavy atom. The molecule has 0 aliphatic heterocycles. The van der Waals surface area contributed by atoms with Crippen molar-refractivity contribution in [3.05, 3.63) is 129 Å². The molecule has 0 fully saturated rings. The van der Waals surface area contributed by atoms with Gasteiger partial charge in [-0.2, -0.15) is 0 Å². The van der Waals surface area contributed by atoms with E-state index in [-0.39, 0.29) is 40.5 Å². The first-order valence-corrected chi connectivity index (χ1v) is 17.4. The minimum Gasteiger partial charge on any atom is -0.352 e. The Labute approximate surface area is 283 Å². The molecular formula is C34H34BrCl2N3O4S. The van der Waals surface area contributed by atoms with Gasteiger partial charge >= 0.3 is 0 Å². The number of carbonyl (C=O) groups is 2. The van der Waals surface area contributed by atoms with Gasteiger partial charge in [0.15, 0.2) is 0 Å². The van der Waals surface area contributed by atoms with Gasteiger partial charge in [-0.05, 0) is 66.9 Å². The first-order valence-electron chi connectivity index (χ1n) is 14.4. The number of benzene rings is 4. The normalized spacial score (nSPS) is 12.6. The highest BCUT2D eigenvalue weighted by Gasteiger charge is 2.35. The molecule has 0 aliphatic rings. The van der Waals surface area contributed by atoms with Crippen LogP contribution in [0, 0.1) is 0 Å². The molecule has 0 radical (unpaired) electrons. The van der Waals surface area contributed by atoms with Gasteiger partial charge in [0.05, 0.1) is 15.6 Å². The standard InChI is InChI=1S/C34H34BrCl2N3O4S/c1-3-24(2)38-34(42)32(20-25-10-6-4-7-11-25)39(22-26-14-16-27(35)17-15-26)33(41)23-40(31-19-18-28(36)21-30(31)37)45(43,44)29-12-8-5-9-13-29/h4-19,21,24,32H,3,20,22-23H2,1-2H3,(H,38,42)/t24-,32-/m0/s1. The topological polar surface area (TPSA) is 86.8 Å². The number of nitrogens with zero attached hydrogens (tertiary/aromatic N) is 2. The monoisotopic (exact) mass is 729 g/mol. The molecule has 11 heteroatoms. The van der Waals surface area contributed by atoms with Crippen LogP contribution < -0.4 is 9.62 Å². The highest BCUT2D eigenvalue weighted by atomic mass is 79.9. The molecule has 4 rings (SSSR count). The van der Waals surface area contributed by atoms with Crippen molar-refractivity contribution in [2.24, 2.45) is 0 Å². The molecule has 0 saturated heterocycles. The van der Waals surface area contributed by atoms with Gasteiger partial charge in [-0.15, -0.1) is 0 Å². The molecule has 0 aliphatic carbocycles. The van der Waals surface area contributed by atoms with Crippen LogP contribution in [0.4, 0.5) is 5.69 Å². The summed E-state index contributed by atoms with van der Waals surface area (Å²) in [5, 5.41) is 3.40. The Hall–Kier alpha value is -3.37. The van der Waals surface area contributed by atoms with E-state index in [9.17, 15) is 18.0 Å². The molecule has 236 valence electrons. The highest BCUT2D eigenvalue weighted by Crippen LogP contribution is 2.33. The number of anilines is 1. The molecule has 0 spiro atoms. The number of hydrogen-bond acceptors (Lipinski definition) is 4. The van der Waals surface area contributed by atoms with E-state index in [1.54, 1.807) is 18.2 Å². The maximum atomic E-state index is 14.5. The summed E-state index contributed by atoms with van der Waals surface area (Å²) in [7, 11) is -4.27. The van der Waals surface area contributed by atoms with E-state index >= 15 is 0 Å². The van der Waals surface area contributed by atoms with Gasteiger partial charge in [-0.1, -0.05) is 107 Å². The molecule has 2 atom stereocenters. The van der Waals surface area contributed by atoms with E-state index < -0.39 is 28.5 Å². The smallest absolute Gasteiger partial charge is 0.264 e. The van der Waals surface area contributed by atoms with E-state index in [4.69, 9.17) is 23.2 Å². The Morgan fingerprint density at radius 3 is 2.09 bits per heavy atom. The Bertz CT molecular complexity index is 1710. The number of sulfonamides is 1. The fourth-order valence-corrected chi connectivity index (χ4v) is 6.98. The van der Waals surface area contributed by atoms with Gasteiger partial charge < -0.3 is 10.2 Å². The van der Waals surface area contributed by atoms with E-state index in [1.807, 2.05) is 68.4 Å². The molecule has 0 unspecified atom stereocenters. The summed E-state index contributed by atoms with van der Waals surface area (Å²) in [6.07, 6.45) is 0.918. The van der Waals surface area contributed by atoms with E-state index in [0.717, 1.165) is 19.9 Å². The predicted molar refractivity (Wildman–Crippen MR) is 184 cm³/mol.